The van der Waals surface area contributed by atoms with Gasteiger partial charge >= 0.3 is 3.93 Å². The summed E-state index contributed by atoms with van der Waals surface area (Å²) in [6.07, 6.45) is 7.77. The van der Waals surface area contributed by atoms with Gasteiger partial charge in [-0.2, -0.15) is 8.78 Å². The fraction of sp³-hybridized carbons (Fsp3) is 0.357. The molecular formula is C28H27F4I. The lowest BCUT2D eigenvalue weighted by Gasteiger charge is -2.28. The maximum atomic E-state index is 14.2. The Kier molecular flexibility index (Phi) is 7.46. The van der Waals surface area contributed by atoms with Crippen molar-refractivity contribution in [2.75, 3.05) is 0 Å². The predicted molar refractivity (Wildman–Crippen MR) is 135 cm³/mol. The second kappa shape index (κ2) is 10.2. The topological polar surface area (TPSA) is 0 Å². The quantitative estimate of drug-likeness (QED) is 0.158. The molecule has 1 aliphatic carbocycles. The molecule has 3 aromatic rings. The monoisotopic (exact) mass is 566 g/mol. The largest absolute Gasteiger partial charge is 0.327 e. The third-order valence-electron chi connectivity index (χ3n) is 6.80. The Morgan fingerprint density at radius 2 is 1.21 bits per heavy atom. The van der Waals surface area contributed by atoms with Crippen molar-refractivity contribution >= 4 is 22.6 Å². The van der Waals surface area contributed by atoms with Gasteiger partial charge in [0.1, 0.15) is 17.2 Å². The van der Waals surface area contributed by atoms with Crippen LogP contribution in [0.15, 0.2) is 60.7 Å². The first kappa shape index (κ1) is 24.2. The molecule has 0 saturated heterocycles. The number of alkyl halides is 3. The predicted octanol–water partition coefficient (Wildman–Crippen LogP) is 9.86. The maximum absolute atomic E-state index is 14.2. The smallest absolute Gasteiger partial charge is 0.206 e. The van der Waals surface area contributed by atoms with E-state index < -0.39 is 21.1 Å². The zero-order valence-corrected chi connectivity index (χ0v) is 20.7. The zero-order valence-electron chi connectivity index (χ0n) is 18.6. The van der Waals surface area contributed by atoms with E-state index in [9.17, 15) is 17.6 Å². The van der Waals surface area contributed by atoms with Gasteiger partial charge in [-0.3, -0.25) is 0 Å². The van der Waals surface area contributed by atoms with E-state index in [1.165, 1.54) is 44.1 Å². The van der Waals surface area contributed by atoms with E-state index in [0.29, 0.717) is 11.5 Å². The lowest BCUT2D eigenvalue weighted by atomic mass is 9.77. The van der Waals surface area contributed by atoms with E-state index in [1.54, 1.807) is 12.1 Å². The average molecular weight is 566 g/mol. The Hall–Kier alpha value is -1.89. The molecule has 33 heavy (non-hydrogen) atoms. The van der Waals surface area contributed by atoms with Gasteiger partial charge in [0.15, 0.2) is 0 Å². The Morgan fingerprint density at radius 1 is 0.758 bits per heavy atom. The normalized spacial score (nSPS) is 19.0. The van der Waals surface area contributed by atoms with Crippen LogP contribution in [0.1, 0.15) is 62.5 Å². The molecule has 1 fully saturated rings. The number of rotatable bonds is 6. The minimum absolute atomic E-state index is 0.231. The van der Waals surface area contributed by atoms with E-state index in [4.69, 9.17) is 0 Å². The second-order valence-electron chi connectivity index (χ2n) is 9.02. The third-order valence-corrected chi connectivity index (χ3v) is 7.34. The van der Waals surface area contributed by atoms with Crippen LogP contribution in [0.3, 0.4) is 0 Å². The van der Waals surface area contributed by atoms with Crippen LogP contribution in [0.4, 0.5) is 17.6 Å². The van der Waals surface area contributed by atoms with Gasteiger partial charge in [0, 0.05) is 22.6 Å². The van der Waals surface area contributed by atoms with Crippen LogP contribution in [0.2, 0.25) is 0 Å². The molecule has 1 aliphatic rings. The zero-order chi connectivity index (χ0) is 23.6. The van der Waals surface area contributed by atoms with Crippen molar-refractivity contribution in [2.24, 2.45) is 5.92 Å². The maximum Gasteiger partial charge on any atom is 0.327 e. The summed E-state index contributed by atoms with van der Waals surface area (Å²) in [5.41, 5.74) is 3.05. The van der Waals surface area contributed by atoms with Gasteiger partial charge in [-0.1, -0.05) is 68.3 Å². The summed E-state index contributed by atoms with van der Waals surface area (Å²) in [5, 5.41) is 0. The van der Waals surface area contributed by atoms with Crippen LogP contribution in [0.5, 0.6) is 0 Å². The minimum Gasteiger partial charge on any atom is -0.206 e. The molecule has 0 aromatic heterocycles. The molecular weight excluding hydrogens is 539 g/mol. The van der Waals surface area contributed by atoms with Crippen molar-refractivity contribution < 1.29 is 17.6 Å². The first-order valence-electron chi connectivity index (χ1n) is 11.5. The lowest BCUT2D eigenvalue weighted by Crippen LogP contribution is -2.13. The van der Waals surface area contributed by atoms with Crippen molar-refractivity contribution in [1.29, 1.82) is 0 Å². The first-order valence-corrected chi connectivity index (χ1v) is 12.6. The highest BCUT2D eigenvalue weighted by Gasteiger charge is 2.34. The summed E-state index contributed by atoms with van der Waals surface area (Å²) in [7, 11) is 0. The van der Waals surface area contributed by atoms with Crippen LogP contribution in [-0.2, 0) is 3.93 Å². The fourth-order valence-electron chi connectivity index (χ4n) is 5.01. The number of hydrogen-bond acceptors (Lipinski definition) is 0. The van der Waals surface area contributed by atoms with Gasteiger partial charge in [-0.05, 0) is 77.5 Å². The van der Waals surface area contributed by atoms with Crippen molar-refractivity contribution in [2.45, 2.75) is 55.3 Å². The van der Waals surface area contributed by atoms with Crippen molar-refractivity contribution in [1.82, 2.24) is 0 Å². The van der Waals surface area contributed by atoms with Crippen LogP contribution >= 0.6 is 22.6 Å². The van der Waals surface area contributed by atoms with Gasteiger partial charge in [-0.15, -0.1) is 0 Å². The number of halogens is 5. The molecule has 0 radical (unpaired) electrons. The summed E-state index contributed by atoms with van der Waals surface area (Å²) in [6, 6.07) is 17.9. The molecule has 0 atom stereocenters. The lowest BCUT2D eigenvalue weighted by molar-refractivity contribution is 0.117. The second-order valence-corrected chi connectivity index (χ2v) is 10.4. The SMILES string of the molecule is CCCC1CCC(c2ccc(-c3ccc(-c4cc(F)c(C(F)(F)I)c(F)c4)cc3)cc2)CC1. The van der Waals surface area contributed by atoms with E-state index in [0.717, 1.165) is 51.8 Å². The standard InChI is InChI=1S/C28H27F4I/c1-2-3-18-4-6-19(7-5-18)20-8-10-21(11-9-20)22-12-14-23(15-13-22)24-16-25(29)27(26(30)17-24)28(31,32)33/h8-19H,2-7H2,1H3. The van der Waals surface area contributed by atoms with Gasteiger partial charge in [-0.25, -0.2) is 8.78 Å². The fourth-order valence-corrected chi connectivity index (χ4v) is 5.52. The van der Waals surface area contributed by atoms with Crippen molar-refractivity contribution in [3.05, 3.63) is 83.4 Å². The molecule has 5 heteroatoms. The molecule has 0 heterocycles. The van der Waals surface area contributed by atoms with Crippen LogP contribution in [-0.4, -0.2) is 0 Å². The van der Waals surface area contributed by atoms with Crippen molar-refractivity contribution in [3.63, 3.8) is 0 Å². The van der Waals surface area contributed by atoms with Crippen LogP contribution < -0.4 is 0 Å². The molecule has 0 spiro atoms. The third kappa shape index (κ3) is 5.61. The van der Waals surface area contributed by atoms with Gasteiger partial charge in [0.05, 0.1) is 0 Å². The van der Waals surface area contributed by atoms with E-state index in [-0.39, 0.29) is 5.56 Å². The molecule has 0 N–H and O–H groups in total. The summed E-state index contributed by atoms with van der Waals surface area (Å²) in [4.78, 5) is 0. The Balaban J connectivity index is 1.48. The van der Waals surface area contributed by atoms with E-state index >= 15 is 0 Å². The number of hydrogen-bond donors (Lipinski definition) is 0. The molecule has 0 nitrogen and oxygen atoms in total. The minimum atomic E-state index is -3.60. The number of benzene rings is 3. The average Bonchev–Trinajstić information content (AvgIpc) is 2.79. The van der Waals surface area contributed by atoms with E-state index in [2.05, 4.69) is 31.2 Å². The molecule has 174 valence electrons. The first-order chi connectivity index (χ1) is 15.8. The van der Waals surface area contributed by atoms with Crippen molar-refractivity contribution in [3.8, 4) is 22.3 Å². The highest BCUT2D eigenvalue weighted by Crippen LogP contribution is 2.40. The molecule has 0 bridgehead atoms. The highest BCUT2D eigenvalue weighted by atomic mass is 127. The summed E-state index contributed by atoms with van der Waals surface area (Å²) < 4.78 is 51.6. The van der Waals surface area contributed by atoms with Crippen LogP contribution in [0.25, 0.3) is 22.3 Å². The van der Waals surface area contributed by atoms with Gasteiger partial charge < -0.3 is 0 Å². The molecule has 1 saturated carbocycles. The molecule has 4 rings (SSSR count). The Labute approximate surface area is 206 Å². The van der Waals surface area contributed by atoms with E-state index in [1.807, 2.05) is 12.1 Å². The summed E-state index contributed by atoms with van der Waals surface area (Å²) in [6.45, 7) is 2.26. The molecule has 0 amide bonds. The van der Waals surface area contributed by atoms with Gasteiger partial charge in [0.2, 0.25) is 0 Å². The van der Waals surface area contributed by atoms with Gasteiger partial charge in [0.25, 0.3) is 0 Å². The van der Waals surface area contributed by atoms with Crippen LogP contribution in [0, 0.1) is 17.6 Å². The summed E-state index contributed by atoms with van der Waals surface area (Å²) in [5.74, 6) is -0.960. The Morgan fingerprint density at radius 3 is 1.67 bits per heavy atom. The molecule has 0 unspecified atom stereocenters. The summed E-state index contributed by atoms with van der Waals surface area (Å²) >= 11 is 0.738. The molecule has 0 aliphatic heterocycles. The molecule has 3 aromatic carbocycles. The highest BCUT2D eigenvalue weighted by molar-refractivity contribution is 14.1. The Bertz CT molecular complexity index is 1050.